The quantitative estimate of drug-likeness (QED) is 0.907. The van der Waals surface area contributed by atoms with Gasteiger partial charge in [0.2, 0.25) is 0 Å². The van der Waals surface area contributed by atoms with Gasteiger partial charge in [0.05, 0.1) is 0 Å². The second kappa shape index (κ2) is 5.09. The van der Waals surface area contributed by atoms with E-state index >= 15 is 0 Å². The van der Waals surface area contributed by atoms with Gasteiger partial charge in [0.15, 0.2) is 5.13 Å². The number of hydrogen-bond donors (Lipinski definition) is 1. The molecule has 0 aliphatic carbocycles. The van der Waals surface area contributed by atoms with Gasteiger partial charge in [0.1, 0.15) is 4.60 Å². The van der Waals surface area contributed by atoms with Gasteiger partial charge in [0, 0.05) is 17.2 Å². The molecule has 0 aliphatic rings. The Morgan fingerprint density at radius 1 is 1.83 bits per heavy atom. The van der Waals surface area contributed by atoms with Crippen molar-refractivity contribution < 1.29 is 0 Å². The number of rotatable bonds is 4. The van der Waals surface area contributed by atoms with Crippen LogP contribution in [0.4, 0.5) is 5.13 Å². The molecule has 0 saturated carbocycles. The highest BCUT2D eigenvalue weighted by Gasteiger charge is 2.01. The van der Waals surface area contributed by atoms with Crippen molar-refractivity contribution in [2.75, 3.05) is 18.1 Å². The largest absolute Gasteiger partial charge is 0.360 e. The van der Waals surface area contributed by atoms with Gasteiger partial charge in [-0.2, -0.15) is 11.8 Å². The number of aromatic nitrogens is 1. The Morgan fingerprint density at radius 3 is 3.08 bits per heavy atom. The van der Waals surface area contributed by atoms with Crippen LogP contribution < -0.4 is 5.32 Å². The number of nitrogens with zero attached hydrogens (tertiary/aromatic N) is 1. The van der Waals surface area contributed by atoms with E-state index in [9.17, 15) is 0 Å². The van der Waals surface area contributed by atoms with Crippen LogP contribution in [0.25, 0.3) is 0 Å². The van der Waals surface area contributed by atoms with Gasteiger partial charge in [-0.3, -0.25) is 0 Å². The SMILES string of the molecule is CSC(C)CNc1nc(Br)cs1. The molecule has 1 rings (SSSR count). The number of nitrogens with one attached hydrogen (secondary N) is 1. The lowest BCUT2D eigenvalue weighted by Crippen LogP contribution is -2.12. The highest BCUT2D eigenvalue weighted by Crippen LogP contribution is 2.19. The summed E-state index contributed by atoms with van der Waals surface area (Å²) in [7, 11) is 0. The zero-order valence-corrected chi connectivity index (χ0v) is 10.2. The van der Waals surface area contributed by atoms with Crippen LogP contribution in [0.3, 0.4) is 0 Å². The molecular weight excluding hydrogens is 256 g/mol. The van der Waals surface area contributed by atoms with E-state index < -0.39 is 0 Å². The second-order valence-corrected chi connectivity index (χ2v) is 5.35. The third-order valence-electron chi connectivity index (χ3n) is 1.42. The second-order valence-electron chi connectivity index (χ2n) is 2.40. The van der Waals surface area contributed by atoms with E-state index in [1.807, 2.05) is 17.1 Å². The Hall–Kier alpha value is 0.260. The molecule has 1 aromatic rings. The summed E-state index contributed by atoms with van der Waals surface area (Å²) in [4.78, 5) is 4.23. The number of halogens is 1. The first-order valence-corrected chi connectivity index (χ1v) is 6.56. The number of thioether (sulfide) groups is 1. The molecule has 0 fully saturated rings. The standard InChI is InChI=1S/C7H11BrN2S2/c1-5(11-2)3-9-7-10-6(8)4-12-7/h4-5H,3H2,1-2H3,(H,9,10). The van der Waals surface area contributed by atoms with Crippen molar-refractivity contribution in [1.82, 2.24) is 4.98 Å². The normalized spacial score (nSPS) is 12.9. The molecular formula is C7H11BrN2S2. The fraction of sp³-hybridized carbons (Fsp3) is 0.571. The van der Waals surface area contributed by atoms with Crippen molar-refractivity contribution in [3.05, 3.63) is 9.98 Å². The highest BCUT2D eigenvalue weighted by molar-refractivity contribution is 9.10. The summed E-state index contributed by atoms with van der Waals surface area (Å²) in [5.41, 5.74) is 0. The van der Waals surface area contributed by atoms with Crippen LogP contribution in [0.2, 0.25) is 0 Å². The number of hydrogen-bond acceptors (Lipinski definition) is 4. The summed E-state index contributed by atoms with van der Waals surface area (Å²) >= 11 is 6.79. The Morgan fingerprint density at radius 2 is 2.58 bits per heavy atom. The van der Waals surface area contributed by atoms with Gasteiger partial charge in [-0.25, -0.2) is 4.98 Å². The first kappa shape index (κ1) is 10.3. The van der Waals surface area contributed by atoms with Gasteiger partial charge in [-0.15, -0.1) is 11.3 Å². The number of anilines is 1. The summed E-state index contributed by atoms with van der Waals surface area (Å²) in [6, 6.07) is 0. The van der Waals surface area contributed by atoms with E-state index in [0.717, 1.165) is 16.3 Å². The maximum Gasteiger partial charge on any atom is 0.183 e. The summed E-state index contributed by atoms with van der Waals surface area (Å²) in [6.07, 6.45) is 2.12. The van der Waals surface area contributed by atoms with Crippen molar-refractivity contribution in [2.45, 2.75) is 12.2 Å². The molecule has 1 aromatic heterocycles. The Kier molecular flexibility index (Phi) is 4.39. The highest BCUT2D eigenvalue weighted by atomic mass is 79.9. The first-order chi connectivity index (χ1) is 5.72. The van der Waals surface area contributed by atoms with Crippen LogP contribution in [0.1, 0.15) is 6.92 Å². The molecule has 0 saturated heterocycles. The molecule has 1 N–H and O–H groups in total. The van der Waals surface area contributed by atoms with Crippen LogP contribution >= 0.6 is 39.0 Å². The molecule has 1 unspecified atom stereocenters. The third kappa shape index (κ3) is 3.33. The number of thiazole rings is 1. The van der Waals surface area contributed by atoms with Crippen molar-refractivity contribution in [3.8, 4) is 0 Å². The summed E-state index contributed by atoms with van der Waals surface area (Å²) in [5, 5.41) is 6.87. The maximum absolute atomic E-state index is 4.23. The lowest BCUT2D eigenvalue weighted by atomic mass is 10.5. The molecule has 0 aromatic carbocycles. The van der Waals surface area contributed by atoms with E-state index in [0.29, 0.717) is 5.25 Å². The average molecular weight is 267 g/mol. The third-order valence-corrected chi connectivity index (χ3v) is 3.90. The maximum atomic E-state index is 4.23. The predicted octanol–water partition coefficient (Wildman–Crippen LogP) is 3.07. The van der Waals surface area contributed by atoms with E-state index in [2.05, 4.69) is 39.4 Å². The molecule has 0 aliphatic heterocycles. The fourth-order valence-corrected chi connectivity index (χ4v) is 2.05. The molecule has 12 heavy (non-hydrogen) atoms. The molecule has 1 atom stereocenters. The summed E-state index contributed by atoms with van der Waals surface area (Å²) in [5.74, 6) is 0. The van der Waals surface area contributed by atoms with Gasteiger partial charge in [-0.05, 0) is 22.2 Å². The monoisotopic (exact) mass is 266 g/mol. The smallest absolute Gasteiger partial charge is 0.183 e. The zero-order valence-electron chi connectivity index (χ0n) is 7.00. The average Bonchev–Trinajstić information content (AvgIpc) is 2.47. The van der Waals surface area contributed by atoms with Crippen LogP contribution in [-0.2, 0) is 0 Å². The van der Waals surface area contributed by atoms with Gasteiger partial charge < -0.3 is 5.32 Å². The van der Waals surface area contributed by atoms with Crippen LogP contribution in [0, 0.1) is 0 Å². The molecule has 0 bridgehead atoms. The molecule has 1 heterocycles. The predicted molar refractivity (Wildman–Crippen MR) is 61.3 cm³/mol. The van der Waals surface area contributed by atoms with Gasteiger partial charge >= 0.3 is 0 Å². The van der Waals surface area contributed by atoms with Crippen molar-refractivity contribution in [2.24, 2.45) is 0 Å². The molecule has 0 radical (unpaired) electrons. The van der Waals surface area contributed by atoms with Crippen LogP contribution in [0.5, 0.6) is 0 Å². The van der Waals surface area contributed by atoms with E-state index in [1.165, 1.54) is 0 Å². The molecule has 0 spiro atoms. The van der Waals surface area contributed by atoms with Crippen LogP contribution in [-0.4, -0.2) is 23.0 Å². The van der Waals surface area contributed by atoms with Crippen LogP contribution in [0.15, 0.2) is 9.98 Å². The topological polar surface area (TPSA) is 24.9 Å². The minimum atomic E-state index is 0.632. The zero-order chi connectivity index (χ0) is 8.97. The van der Waals surface area contributed by atoms with Crippen molar-refractivity contribution in [1.29, 1.82) is 0 Å². The van der Waals surface area contributed by atoms with Gasteiger partial charge in [-0.1, -0.05) is 6.92 Å². The lowest BCUT2D eigenvalue weighted by Gasteiger charge is -2.07. The minimum absolute atomic E-state index is 0.632. The lowest BCUT2D eigenvalue weighted by molar-refractivity contribution is 0.998. The molecule has 2 nitrogen and oxygen atoms in total. The summed E-state index contributed by atoms with van der Waals surface area (Å²) < 4.78 is 0.909. The van der Waals surface area contributed by atoms with Crippen molar-refractivity contribution in [3.63, 3.8) is 0 Å². The molecule has 5 heteroatoms. The van der Waals surface area contributed by atoms with Crippen molar-refractivity contribution >= 4 is 44.2 Å². The van der Waals surface area contributed by atoms with E-state index in [4.69, 9.17) is 0 Å². The summed E-state index contributed by atoms with van der Waals surface area (Å²) in [6.45, 7) is 3.17. The van der Waals surface area contributed by atoms with E-state index in [1.54, 1.807) is 11.3 Å². The minimum Gasteiger partial charge on any atom is -0.360 e. The Balaban J connectivity index is 2.33. The first-order valence-electron chi connectivity index (χ1n) is 3.60. The Bertz CT molecular complexity index is 239. The fourth-order valence-electron chi connectivity index (χ4n) is 0.650. The van der Waals surface area contributed by atoms with Gasteiger partial charge in [0.25, 0.3) is 0 Å². The van der Waals surface area contributed by atoms with E-state index in [-0.39, 0.29) is 0 Å². The molecule has 68 valence electrons. The Labute approximate surface area is 89.3 Å². The molecule has 0 amide bonds.